The summed E-state index contributed by atoms with van der Waals surface area (Å²) in [5, 5.41) is 0. The molecular weight excluding hydrogens is 332 g/mol. The smallest absolute Gasteiger partial charge is 0.466 e. The monoisotopic (exact) mass is 364 g/mol. The molecular formula is C21H32O5. The molecule has 5 nitrogen and oxygen atoms in total. The van der Waals surface area contributed by atoms with Gasteiger partial charge in [0, 0.05) is 6.42 Å². The molecule has 0 spiro atoms. The van der Waals surface area contributed by atoms with Gasteiger partial charge in [0.25, 0.3) is 0 Å². The molecule has 0 amide bonds. The first-order valence-corrected chi connectivity index (χ1v) is 9.68. The van der Waals surface area contributed by atoms with Crippen molar-refractivity contribution in [2.45, 2.75) is 77.9 Å². The first-order chi connectivity index (χ1) is 12.7. The molecule has 146 valence electrons. The highest BCUT2D eigenvalue weighted by Crippen LogP contribution is 2.15. The van der Waals surface area contributed by atoms with E-state index in [9.17, 15) is 9.59 Å². The Balaban J connectivity index is 2.39. The van der Waals surface area contributed by atoms with Gasteiger partial charge in [0.15, 0.2) is 0 Å². The van der Waals surface area contributed by atoms with Crippen molar-refractivity contribution in [2.75, 3.05) is 6.61 Å². The molecule has 1 aromatic rings. The topological polar surface area (TPSA) is 61.8 Å². The fourth-order valence-corrected chi connectivity index (χ4v) is 2.64. The highest BCUT2D eigenvalue weighted by Gasteiger charge is 2.17. The van der Waals surface area contributed by atoms with Crippen LogP contribution in [0, 0.1) is 0 Å². The molecule has 26 heavy (non-hydrogen) atoms. The average Bonchev–Trinajstić information content (AvgIpc) is 2.65. The van der Waals surface area contributed by atoms with Crippen molar-refractivity contribution in [3.05, 3.63) is 35.9 Å². The molecule has 0 saturated carbocycles. The molecule has 1 unspecified atom stereocenters. The summed E-state index contributed by atoms with van der Waals surface area (Å²) in [7, 11) is 0. The molecule has 0 saturated heterocycles. The molecule has 5 heteroatoms. The van der Waals surface area contributed by atoms with Crippen molar-refractivity contribution in [1.29, 1.82) is 0 Å². The number of benzene rings is 1. The molecule has 0 aromatic heterocycles. The van der Waals surface area contributed by atoms with Gasteiger partial charge in [0.2, 0.25) is 0 Å². The summed E-state index contributed by atoms with van der Waals surface area (Å²) in [5.74, 6) is -0.260. The molecule has 1 aromatic carbocycles. The van der Waals surface area contributed by atoms with Crippen LogP contribution < -0.4 is 0 Å². The first kappa shape index (κ1) is 22.0. The minimum Gasteiger partial charge on any atom is -0.466 e. The molecule has 0 fully saturated rings. The lowest BCUT2D eigenvalue weighted by molar-refractivity contribution is -0.143. The van der Waals surface area contributed by atoms with E-state index in [1.54, 1.807) is 6.92 Å². The lowest BCUT2D eigenvalue weighted by atomic mass is 10.0. The molecule has 0 radical (unpaired) electrons. The third kappa shape index (κ3) is 10.7. The van der Waals surface area contributed by atoms with Crippen LogP contribution in [0.5, 0.6) is 0 Å². The molecule has 1 rings (SSSR count). The third-order valence-corrected chi connectivity index (χ3v) is 4.07. The maximum absolute atomic E-state index is 12.0. The Labute approximate surface area is 157 Å². The van der Waals surface area contributed by atoms with E-state index < -0.39 is 6.16 Å². The van der Waals surface area contributed by atoms with Gasteiger partial charge in [-0.05, 0) is 31.7 Å². The quantitative estimate of drug-likeness (QED) is 0.346. The van der Waals surface area contributed by atoms with Crippen molar-refractivity contribution in [1.82, 2.24) is 0 Å². The van der Waals surface area contributed by atoms with Gasteiger partial charge in [-0.25, -0.2) is 4.79 Å². The second-order valence-corrected chi connectivity index (χ2v) is 6.31. The standard InChI is InChI=1S/C21H32O5/c1-3-5-6-7-11-14-19(15-16-20(22)24-4-2)26-21(23)25-17-18-12-9-8-10-13-18/h8-10,12-13,19H,3-7,11,14-17H2,1-2H3. The molecule has 0 aliphatic heterocycles. The summed E-state index contributed by atoms with van der Waals surface area (Å²) in [6, 6.07) is 9.47. The molecule has 0 heterocycles. The molecule has 0 aliphatic carbocycles. The van der Waals surface area contributed by atoms with Crippen LogP contribution in [-0.4, -0.2) is 24.8 Å². The lowest BCUT2D eigenvalue weighted by Crippen LogP contribution is -2.21. The summed E-state index contributed by atoms with van der Waals surface area (Å²) in [5.41, 5.74) is 0.909. The van der Waals surface area contributed by atoms with Gasteiger partial charge in [-0.1, -0.05) is 62.9 Å². The van der Waals surface area contributed by atoms with Gasteiger partial charge >= 0.3 is 12.1 Å². The minimum atomic E-state index is -0.684. The fraction of sp³-hybridized carbons (Fsp3) is 0.619. The fourth-order valence-electron chi connectivity index (χ4n) is 2.64. The largest absolute Gasteiger partial charge is 0.508 e. The van der Waals surface area contributed by atoms with E-state index in [0.29, 0.717) is 13.0 Å². The maximum Gasteiger partial charge on any atom is 0.508 e. The predicted octanol–water partition coefficient (Wildman–Crippen LogP) is 5.41. The summed E-state index contributed by atoms with van der Waals surface area (Å²) < 4.78 is 15.6. The number of hydrogen-bond donors (Lipinski definition) is 0. The van der Waals surface area contributed by atoms with Crippen LogP contribution in [0.15, 0.2) is 30.3 Å². The number of rotatable bonds is 13. The van der Waals surface area contributed by atoms with Crippen LogP contribution in [0.4, 0.5) is 4.79 Å². The number of carbonyl (C=O) groups excluding carboxylic acids is 2. The van der Waals surface area contributed by atoms with Gasteiger partial charge in [0.1, 0.15) is 12.7 Å². The van der Waals surface area contributed by atoms with Crippen molar-refractivity contribution >= 4 is 12.1 Å². The zero-order valence-corrected chi connectivity index (χ0v) is 16.1. The zero-order chi connectivity index (χ0) is 19.0. The average molecular weight is 364 g/mol. The number of ether oxygens (including phenoxy) is 3. The van der Waals surface area contributed by atoms with E-state index in [-0.39, 0.29) is 25.1 Å². The summed E-state index contributed by atoms with van der Waals surface area (Å²) in [6.45, 7) is 4.50. The predicted molar refractivity (Wildman–Crippen MR) is 101 cm³/mol. The number of esters is 1. The van der Waals surface area contributed by atoms with E-state index in [1.807, 2.05) is 30.3 Å². The lowest BCUT2D eigenvalue weighted by Gasteiger charge is -2.17. The second-order valence-electron chi connectivity index (χ2n) is 6.31. The SMILES string of the molecule is CCCCCCCC(CCC(=O)OCC)OC(=O)OCc1ccccc1. The summed E-state index contributed by atoms with van der Waals surface area (Å²) in [6.07, 6.45) is 6.11. The van der Waals surface area contributed by atoms with E-state index in [2.05, 4.69) is 6.92 Å². The van der Waals surface area contributed by atoms with Crippen molar-refractivity contribution in [2.24, 2.45) is 0 Å². The van der Waals surface area contributed by atoms with Crippen LogP contribution in [0.25, 0.3) is 0 Å². The molecule has 1 atom stereocenters. The van der Waals surface area contributed by atoms with Crippen molar-refractivity contribution in [3.63, 3.8) is 0 Å². The number of hydrogen-bond acceptors (Lipinski definition) is 5. The zero-order valence-electron chi connectivity index (χ0n) is 16.1. The van der Waals surface area contributed by atoms with Crippen molar-refractivity contribution in [3.8, 4) is 0 Å². The number of unbranched alkanes of at least 4 members (excludes halogenated alkanes) is 4. The molecule has 0 N–H and O–H groups in total. The molecule has 0 aliphatic rings. The highest BCUT2D eigenvalue weighted by atomic mass is 16.7. The Morgan fingerprint density at radius 3 is 2.35 bits per heavy atom. The Kier molecular flexibility index (Phi) is 12.0. The van der Waals surface area contributed by atoms with Gasteiger partial charge in [-0.3, -0.25) is 4.79 Å². The third-order valence-electron chi connectivity index (χ3n) is 4.07. The van der Waals surface area contributed by atoms with Crippen LogP contribution in [-0.2, 0) is 25.6 Å². The minimum absolute atomic E-state index is 0.181. The Morgan fingerprint density at radius 1 is 0.923 bits per heavy atom. The van der Waals surface area contributed by atoms with Gasteiger partial charge in [-0.15, -0.1) is 0 Å². The Morgan fingerprint density at radius 2 is 1.65 bits per heavy atom. The summed E-state index contributed by atoms with van der Waals surface area (Å²) in [4.78, 5) is 23.5. The van der Waals surface area contributed by atoms with Crippen LogP contribution in [0.1, 0.15) is 70.8 Å². The van der Waals surface area contributed by atoms with Crippen molar-refractivity contribution < 1.29 is 23.8 Å². The highest BCUT2D eigenvalue weighted by molar-refractivity contribution is 5.69. The van der Waals surface area contributed by atoms with E-state index in [1.165, 1.54) is 19.3 Å². The van der Waals surface area contributed by atoms with Gasteiger partial charge in [0.05, 0.1) is 6.61 Å². The molecule has 0 bridgehead atoms. The van der Waals surface area contributed by atoms with Gasteiger partial charge in [-0.2, -0.15) is 0 Å². The van der Waals surface area contributed by atoms with Crippen LogP contribution in [0.3, 0.4) is 0 Å². The van der Waals surface area contributed by atoms with E-state index in [4.69, 9.17) is 14.2 Å². The van der Waals surface area contributed by atoms with Gasteiger partial charge < -0.3 is 14.2 Å². The number of carbonyl (C=O) groups is 2. The van der Waals surface area contributed by atoms with Crippen LogP contribution in [0.2, 0.25) is 0 Å². The van der Waals surface area contributed by atoms with E-state index in [0.717, 1.165) is 24.8 Å². The normalized spacial score (nSPS) is 11.6. The first-order valence-electron chi connectivity index (χ1n) is 9.68. The van der Waals surface area contributed by atoms with E-state index >= 15 is 0 Å². The summed E-state index contributed by atoms with van der Waals surface area (Å²) >= 11 is 0. The second kappa shape index (κ2) is 14.2. The Hall–Kier alpha value is -2.04. The van der Waals surface area contributed by atoms with Crippen LogP contribution >= 0.6 is 0 Å². The maximum atomic E-state index is 12.0. The Bertz CT molecular complexity index is 500.